The number of unbranched alkanes of at least 4 members (excludes halogenated alkanes) is 1. The van der Waals surface area contributed by atoms with Gasteiger partial charge in [0.05, 0.1) is 29.9 Å². The molecule has 0 atom stereocenters. The van der Waals surface area contributed by atoms with Gasteiger partial charge in [-0.25, -0.2) is 4.98 Å². The molecule has 0 unspecified atom stereocenters. The number of benzene rings is 2. The molecule has 0 aliphatic rings. The lowest BCUT2D eigenvalue weighted by Crippen LogP contribution is -2.36. The lowest BCUT2D eigenvalue weighted by molar-refractivity contribution is -0.120. The average Bonchev–Trinajstić information content (AvgIpc) is 3.14. The maximum absolute atomic E-state index is 12.2. The van der Waals surface area contributed by atoms with Gasteiger partial charge >= 0.3 is 0 Å². The fourth-order valence-electron chi connectivity index (χ4n) is 2.53. The summed E-state index contributed by atoms with van der Waals surface area (Å²) in [6.07, 6.45) is 2.07. The van der Waals surface area contributed by atoms with Gasteiger partial charge < -0.3 is 15.4 Å². The van der Waals surface area contributed by atoms with Gasteiger partial charge in [0.15, 0.2) is 0 Å². The number of hydrogen-bond donors (Lipinski definition) is 2. The summed E-state index contributed by atoms with van der Waals surface area (Å²) in [5.41, 5.74) is 1.41. The molecule has 0 radical (unpaired) electrons. The van der Waals surface area contributed by atoms with Gasteiger partial charge in [-0.2, -0.15) is 0 Å². The molecule has 1 aromatic heterocycles. The number of ether oxygens (including phenoxy) is 1. The molecule has 3 aromatic rings. The Labute approximate surface area is 167 Å². The van der Waals surface area contributed by atoms with E-state index < -0.39 is 0 Å². The minimum atomic E-state index is -0.296. The Morgan fingerprint density at radius 1 is 1.07 bits per heavy atom. The van der Waals surface area contributed by atoms with Gasteiger partial charge in [-0.15, -0.1) is 11.3 Å². The number of thiazole rings is 1. The number of rotatable bonds is 9. The highest BCUT2D eigenvalue weighted by molar-refractivity contribution is 7.18. The summed E-state index contributed by atoms with van der Waals surface area (Å²) >= 11 is 1.54. The van der Waals surface area contributed by atoms with Crippen molar-refractivity contribution in [1.29, 1.82) is 0 Å². The van der Waals surface area contributed by atoms with Crippen LogP contribution in [0.4, 0.5) is 0 Å². The number of hydrogen-bond acceptors (Lipinski definition) is 5. The van der Waals surface area contributed by atoms with Gasteiger partial charge in [0.25, 0.3) is 5.91 Å². The van der Waals surface area contributed by atoms with E-state index in [1.54, 1.807) is 35.6 Å². The van der Waals surface area contributed by atoms with Crippen molar-refractivity contribution in [2.75, 3.05) is 13.2 Å². The molecule has 0 saturated carbocycles. The van der Waals surface area contributed by atoms with Crippen molar-refractivity contribution in [3.63, 3.8) is 0 Å². The fraction of sp³-hybridized carbons (Fsp3) is 0.286. The molecule has 3 rings (SSSR count). The minimum absolute atomic E-state index is 0.0848. The predicted octanol–water partition coefficient (Wildman–Crippen LogP) is 3.52. The third kappa shape index (κ3) is 5.53. The average molecular weight is 398 g/mol. The number of fused-ring (bicyclic) bond motifs is 1. The minimum Gasteiger partial charge on any atom is -0.494 e. The van der Waals surface area contributed by atoms with Crippen molar-refractivity contribution in [3.8, 4) is 5.75 Å². The molecule has 0 fully saturated rings. The van der Waals surface area contributed by atoms with Gasteiger partial charge in [-0.1, -0.05) is 25.5 Å². The molecule has 7 heteroatoms. The summed E-state index contributed by atoms with van der Waals surface area (Å²) in [7, 11) is 0. The van der Waals surface area contributed by atoms with E-state index in [0.29, 0.717) is 18.7 Å². The number of nitrogens with zero attached hydrogens (tertiary/aromatic N) is 1. The van der Waals surface area contributed by atoms with Crippen LogP contribution in [0, 0.1) is 0 Å². The van der Waals surface area contributed by atoms with Crippen molar-refractivity contribution in [1.82, 2.24) is 15.6 Å². The summed E-state index contributed by atoms with van der Waals surface area (Å²) in [6.45, 7) is 3.03. The van der Waals surface area contributed by atoms with E-state index >= 15 is 0 Å². The summed E-state index contributed by atoms with van der Waals surface area (Å²) in [4.78, 5) is 28.6. The van der Waals surface area contributed by atoms with Crippen LogP contribution < -0.4 is 15.4 Å². The van der Waals surface area contributed by atoms with Gasteiger partial charge in [0.2, 0.25) is 5.91 Å². The zero-order chi connectivity index (χ0) is 19.8. The molecule has 0 spiro atoms. The monoisotopic (exact) mass is 397 g/mol. The Hall–Kier alpha value is -2.93. The van der Waals surface area contributed by atoms with Crippen LogP contribution in [0.3, 0.4) is 0 Å². The molecule has 0 aliphatic carbocycles. The first-order chi connectivity index (χ1) is 13.7. The molecule has 2 N–H and O–H groups in total. The van der Waals surface area contributed by atoms with Crippen LogP contribution in [0.5, 0.6) is 5.75 Å². The van der Waals surface area contributed by atoms with Gasteiger partial charge in [-0.05, 0) is 42.8 Å². The van der Waals surface area contributed by atoms with Crippen LogP contribution >= 0.6 is 11.3 Å². The second kappa shape index (κ2) is 9.85. The molecule has 6 nitrogen and oxygen atoms in total. The Kier molecular flexibility index (Phi) is 6.97. The quantitative estimate of drug-likeness (QED) is 0.542. The molecule has 1 heterocycles. The third-order valence-corrected chi connectivity index (χ3v) is 5.10. The first-order valence-electron chi connectivity index (χ1n) is 9.28. The largest absolute Gasteiger partial charge is 0.494 e. The molecule has 2 amide bonds. The van der Waals surface area contributed by atoms with Crippen molar-refractivity contribution in [2.24, 2.45) is 0 Å². The highest BCUT2D eigenvalue weighted by Crippen LogP contribution is 2.21. The van der Waals surface area contributed by atoms with Crippen LogP contribution in [-0.2, 0) is 11.3 Å². The first kappa shape index (κ1) is 19.8. The van der Waals surface area contributed by atoms with E-state index in [4.69, 9.17) is 4.74 Å². The van der Waals surface area contributed by atoms with Crippen LogP contribution in [0.25, 0.3) is 10.2 Å². The summed E-state index contributed by atoms with van der Waals surface area (Å²) in [6, 6.07) is 14.7. The van der Waals surface area contributed by atoms with Crippen molar-refractivity contribution in [2.45, 2.75) is 26.3 Å². The Balaban J connectivity index is 1.42. The number of amides is 2. The number of carbonyl (C=O) groups excluding carboxylic acids is 2. The Morgan fingerprint density at radius 3 is 2.61 bits per heavy atom. The fourth-order valence-corrected chi connectivity index (χ4v) is 3.44. The van der Waals surface area contributed by atoms with E-state index in [1.807, 2.05) is 24.3 Å². The number of para-hydroxylation sites is 1. The van der Waals surface area contributed by atoms with E-state index in [9.17, 15) is 9.59 Å². The molecule has 0 bridgehead atoms. The molecule has 0 aliphatic heterocycles. The smallest absolute Gasteiger partial charge is 0.251 e. The molecular weight excluding hydrogens is 374 g/mol. The number of aromatic nitrogens is 1. The molecule has 146 valence electrons. The lowest BCUT2D eigenvalue weighted by atomic mass is 10.2. The Bertz CT molecular complexity index is 904. The van der Waals surface area contributed by atoms with E-state index in [0.717, 1.165) is 33.8 Å². The maximum atomic E-state index is 12.2. The molecule has 0 saturated heterocycles. The zero-order valence-corrected chi connectivity index (χ0v) is 16.6. The number of nitrogens with one attached hydrogen (secondary N) is 2. The second-order valence-corrected chi connectivity index (χ2v) is 7.38. The van der Waals surface area contributed by atoms with E-state index in [1.165, 1.54) is 0 Å². The third-order valence-electron chi connectivity index (χ3n) is 4.07. The van der Waals surface area contributed by atoms with Gasteiger partial charge in [-0.3, -0.25) is 9.59 Å². The van der Waals surface area contributed by atoms with Crippen molar-refractivity contribution >= 4 is 33.4 Å². The van der Waals surface area contributed by atoms with Gasteiger partial charge in [0.1, 0.15) is 10.8 Å². The molecule has 28 heavy (non-hydrogen) atoms. The molecule has 2 aromatic carbocycles. The van der Waals surface area contributed by atoms with Crippen LogP contribution in [0.15, 0.2) is 48.5 Å². The summed E-state index contributed by atoms with van der Waals surface area (Å²) < 4.78 is 6.66. The highest BCUT2D eigenvalue weighted by atomic mass is 32.1. The topological polar surface area (TPSA) is 80.3 Å². The van der Waals surface area contributed by atoms with Crippen LogP contribution in [-0.4, -0.2) is 29.9 Å². The van der Waals surface area contributed by atoms with Gasteiger partial charge in [0, 0.05) is 5.56 Å². The first-order valence-corrected chi connectivity index (χ1v) is 10.1. The highest BCUT2D eigenvalue weighted by Gasteiger charge is 2.09. The lowest BCUT2D eigenvalue weighted by Gasteiger charge is -2.08. The van der Waals surface area contributed by atoms with E-state index in [2.05, 4.69) is 22.5 Å². The predicted molar refractivity (Wildman–Crippen MR) is 111 cm³/mol. The van der Waals surface area contributed by atoms with E-state index in [-0.39, 0.29) is 18.4 Å². The maximum Gasteiger partial charge on any atom is 0.251 e. The van der Waals surface area contributed by atoms with Crippen molar-refractivity contribution < 1.29 is 14.3 Å². The summed E-state index contributed by atoms with van der Waals surface area (Å²) in [5, 5.41) is 6.24. The van der Waals surface area contributed by atoms with Crippen LogP contribution in [0.1, 0.15) is 35.1 Å². The normalized spacial score (nSPS) is 10.6. The SMILES string of the molecule is CCCCOc1ccc(C(=O)NCC(=O)NCc2nc3ccccc3s2)cc1. The summed E-state index contributed by atoms with van der Waals surface area (Å²) in [5.74, 6) is 0.181. The zero-order valence-electron chi connectivity index (χ0n) is 15.7. The van der Waals surface area contributed by atoms with Crippen LogP contribution in [0.2, 0.25) is 0 Å². The standard InChI is InChI=1S/C21H23N3O3S/c1-2-3-12-27-16-10-8-15(9-11-16)21(26)23-13-19(25)22-14-20-24-17-6-4-5-7-18(17)28-20/h4-11H,2-3,12-14H2,1H3,(H,22,25)(H,23,26). The second-order valence-electron chi connectivity index (χ2n) is 6.26. The van der Waals surface area contributed by atoms with Crippen molar-refractivity contribution in [3.05, 3.63) is 59.1 Å². The molecular formula is C21H23N3O3S. The Morgan fingerprint density at radius 2 is 1.86 bits per heavy atom. The number of carbonyl (C=O) groups is 2.